The van der Waals surface area contributed by atoms with Crippen LogP contribution in [0.5, 0.6) is 0 Å². The van der Waals surface area contributed by atoms with Gasteiger partial charge < -0.3 is 24.8 Å². The third-order valence-corrected chi connectivity index (χ3v) is 15.9. The van der Waals surface area contributed by atoms with E-state index in [4.69, 9.17) is 21.3 Å². The van der Waals surface area contributed by atoms with E-state index >= 15 is 0 Å². The molecule has 0 saturated carbocycles. The molecule has 0 atom stereocenters. The number of nitrogens with zero attached hydrogens (tertiary/aromatic N) is 5. The third kappa shape index (κ3) is 10.2. The lowest BCUT2D eigenvalue weighted by molar-refractivity contribution is -0.384. The highest BCUT2D eigenvalue weighted by Crippen LogP contribution is 2.44. The van der Waals surface area contributed by atoms with Gasteiger partial charge in [0.05, 0.1) is 26.8 Å². The van der Waals surface area contributed by atoms with Gasteiger partial charge in [0.2, 0.25) is 0 Å². The Kier molecular flexibility index (Phi) is 13.2. The van der Waals surface area contributed by atoms with Gasteiger partial charge in [0, 0.05) is 93.1 Å². The highest BCUT2D eigenvalue weighted by molar-refractivity contribution is 7.99. The van der Waals surface area contributed by atoms with E-state index in [0.717, 1.165) is 116 Å². The van der Waals surface area contributed by atoms with Gasteiger partial charge in [-0.25, -0.2) is 18.1 Å². The van der Waals surface area contributed by atoms with Crippen molar-refractivity contribution >= 4 is 84.3 Å². The van der Waals surface area contributed by atoms with Gasteiger partial charge in [-0.2, -0.15) is 0 Å². The molecule has 65 heavy (non-hydrogen) atoms. The topological polar surface area (TPSA) is 166 Å². The van der Waals surface area contributed by atoms with Crippen LogP contribution >= 0.6 is 23.4 Å². The second kappa shape index (κ2) is 19.0. The molecule has 342 valence electrons. The summed E-state index contributed by atoms with van der Waals surface area (Å²) in [6.07, 6.45) is 7.53. The minimum absolute atomic E-state index is 0.161. The fraction of sp³-hybridized carbons (Fsp3) is 0.417. The Labute approximate surface area is 389 Å². The molecule has 3 aliphatic heterocycles. The Bertz CT molecular complexity index is 2730. The molecular weight excluding hydrogens is 884 g/mol. The largest absolute Gasteiger partial charge is 0.381 e. The molecule has 3 N–H and O–H groups in total. The molecule has 3 aromatic carbocycles. The van der Waals surface area contributed by atoms with Crippen LogP contribution in [0.15, 0.2) is 94.5 Å². The van der Waals surface area contributed by atoms with Gasteiger partial charge in [-0.1, -0.05) is 43.2 Å². The van der Waals surface area contributed by atoms with Crippen molar-refractivity contribution in [2.75, 3.05) is 79.9 Å². The molecule has 4 aliphatic rings. The van der Waals surface area contributed by atoms with Gasteiger partial charge in [0.25, 0.3) is 21.6 Å². The first kappa shape index (κ1) is 45.0. The number of pyridine rings is 1. The summed E-state index contributed by atoms with van der Waals surface area (Å²) in [6, 6.07) is 21.5. The number of benzene rings is 3. The number of fused-ring (bicyclic) bond motifs is 2. The number of amides is 1. The number of hydrogen-bond donors (Lipinski definition) is 3. The van der Waals surface area contributed by atoms with Crippen LogP contribution in [0.3, 0.4) is 0 Å². The zero-order chi connectivity index (χ0) is 45.3. The molecule has 2 fully saturated rings. The maximum absolute atomic E-state index is 14.4. The van der Waals surface area contributed by atoms with Gasteiger partial charge in [0.1, 0.15) is 16.4 Å². The van der Waals surface area contributed by atoms with Gasteiger partial charge in [-0.15, -0.1) is 11.8 Å². The van der Waals surface area contributed by atoms with Gasteiger partial charge in [-0.3, -0.25) is 19.8 Å². The molecule has 0 bridgehead atoms. The number of hydrogen-bond acceptors (Lipinski definition) is 12. The number of anilines is 4. The standard InChI is InChI=1S/C48H55ClN8O6S2/c1-48(2)16-12-35(40(29-48)33-4-6-36(49)7-5-33)31-54-19-21-55(22-20-54)37-8-10-39(42(27-37)56-18-3-25-64-47-44(56)26-34-13-17-50-45(34)52-47)46(58)53-65(61,62)38-9-11-41(43(28-38)57(59)60)51-30-32-14-23-63-24-15-32/h4-11,13,17,26-28,32,51H,3,12,14-16,18-25,29-31H2,1-2H3,(H,50,52)(H,53,58). The average Bonchev–Trinajstić information content (AvgIpc) is 3.66. The van der Waals surface area contributed by atoms with E-state index in [1.54, 1.807) is 17.8 Å². The summed E-state index contributed by atoms with van der Waals surface area (Å²) >= 11 is 7.93. The quantitative estimate of drug-likeness (QED) is 0.0803. The number of nitro groups is 1. The summed E-state index contributed by atoms with van der Waals surface area (Å²) in [7, 11) is -4.54. The SMILES string of the molecule is CC1(C)CCC(CN2CCN(c3ccc(C(=O)NS(=O)(=O)c4ccc(NCC5CCOCC5)c([N+](=O)[O-])c4)c(N4CCCSc5nc6[nH]ccc6cc54)c3)CC2)=C(c2ccc(Cl)cc2)C1. The summed E-state index contributed by atoms with van der Waals surface area (Å²) in [5, 5.41) is 17.8. The van der Waals surface area contributed by atoms with E-state index < -0.39 is 20.9 Å². The molecule has 1 aliphatic carbocycles. The van der Waals surface area contributed by atoms with Crippen LogP contribution in [0.25, 0.3) is 16.6 Å². The van der Waals surface area contributed by atoms with Crippen molar-refractivity contribution in [2.45, 2.75) is 62.3 Å². The highest BCUT2D eigenvalue weighted by Gasteiger charge is 2.32. The first-order chi connectivity index (χ1) is 31.3. The second-order valence-corrected chi connectivity index (χ2v) is 21.5. The molecule has 0 radical (unpaired) electrons. The number of thioether (sulfide) groups is 1. The van der Waals surface area contributed by atoms with Gasteiger partial charge >= 0.3 is 0 Å². The normalized spacial score (nSPS) is 18.6. The van der Waals surface area contributed by atoms with Crippen LogP contribution in [0, 0.1) is 21.4 Å². The molecule has 0 spiro atoms. The summed E-state index contributed by atoms with van der Waals surface area (Å²) in [4.78, 5) is 40.7. The summed E-state index contributed by atoms with van der Waals surface area (Å²) in [5.41, 5.74) is 7.45. The predicted molar refractivity (Wildman–Crippen MR) is 259 cm³/mol. The smallest absolute Gasteiger partial charge is 0.293 e. The van der Waals surface area contributed by atoms with Crippen molar-refractivity contribution < 1.29 is 22.9 Å². The third-order valence-electron chi connectivity index (χ3n) is 13.2. The van der Waals surface area contributed by atoms with Crippen LogP contribution in [0.1, 0.15) is 68.3 Å². The maximum Gasteiger partial charge on any atom is 0.293 e. The molecule has 0 unspecified atom stereocenters. The molecule has 5 heterocycles. The molecule has 5 aromatic rings. The van der Waals surface area contributed by atoms with Crippen molar-refractivity contribution in [2.24, 2.45) is 11.3 Å². The number of carbonyl (C=O) groups excluding carboxylic acids is 1. The lowest BCUT2D eigenvalue weighted by Gasteiger charge is -2.39. The fourth-order valence-corrected chi connectivity index (χ4v) is 11.5. The first-order valence-corrected chi connectivity index (χ1v) is 25.3. The Hall–Kier alpha value is -5.13. The number of aromatic amines is 1. The minimum atomic E-state index is -4.54. The number of allylic oxidation sites excluding steroid dienone is 1. The zero-order valence-electron chi connectivity index (χ0n) is 36.8. The number of nitro benzene ring substituents is 1. The number of sulfonamides is 1. The molecule has 17 heteroatoms. The molecule has 2 aromatic heterocycles. The van der Waals surface area contributed by atoms with Gasteiger partial charge in [-0.05, 0) is 116 Å². The summed E-state index contributed by atoms with van der Waals surface area (Å²) in [5.74, 6) is 0.255. The number of piperazine rings is 1. The van der Waals surface area contributed by atoms with E-state index in [1.807, 2.05) is 36.5 Å². The Morgan fingerprint density at radius 1 is 1.00 bits per heavy atom. The molecule has 1 amide bonds. The van der Waals surface area contributed by atoms with E-state index in [-0.39, 0.29) is 33.2 Å². The molecule has 14 nitrogen and oxygen atoms in total. The Balaban J connectivity index is 0.986. The molecule has 9 rings (SSSR count). The predicted octanol–water partition coefficient (Wildman–Crippen LogP) is 9.50. The molecule has 2 saturated heterocycles. The lowest BCUT2D eigenvalue weighted by Crippen LogP contribution is -2.47. The van der Waals surface area contributed by atoms with Crippen LogP contribution in [0.4, 0.5) is 28.4 Å². The lowest BCUT2D eigenvalue weighted by atomic mass is 9.72. The first-order valence-electron chi connectivity index (χ1n) is 22.4. The van der Waals surface area contributed by atoms with E-state index in [1.165, 1.54) is 28.8 Å². The number of halogens is 1. The van der Waals surface area contributed by atoms with Crippen LogP contribution in [0.2, 0.25) is 5.02 Å². The fourth-order valence-electron chi connectivity index (χ4n) is 9.47. The van der Waals surface area contributed by atoms with Crippen molar-refractivity contribution in [3.05, 3.63) is 111 Å². The van der Waals surface area contributed by atoms with Crippen LogP contribution in [-0.4, -0.2) is 98.9 Å². The van der Waals surface area contributed by atoms with E-state index in [2.05, 4.69) is 61.8 Å². The van der Waals surface area contributed by atoms with E-state index in [9.17, 15) is 23.3 Å². The number of rotatable bonds is 12. The van der Waals surface area contributed by atoms with Crippen molar-refractivity contribution in [3.63, 3.8) is 0 Å². The monoisotopic (exact) mass is 938 g/mol. The van der Waals surface area contributed by atoms with Gasteiger partial charge in [0.15, 0.2) is 0 Å². The van der Waals surface area contributed by atoms with E-state index in [0.29, 0.717) is 32.0 Å². The van der Waals surface area contributed by atoms with Crippen molar-refractivity contribution in [3.8, 4) is 0 Å². The summed E-state index contributed by atoms with van der Waals surface area (Å²) < 4.78 is 35.6. The number of ether oxygens (including phenoxy) is 1. The maximum atomic E-state index is 14.4. The summed E-state index contributed by atoms with van der Waals surface area (Å²) in [6.45, 7) is 11.2. The average molecular weight is 940 g/mol. The van der Waals surface area contributed by atoms with Crippen LogP contribution in [-0.2, 0) is 14.8 Å². The van der Waals surface area contributed by atoms with Crippen molar-refractivity contribution in [1.82, 2.24) is 19.6 Å². The number of aromatic nitrogens is 2. The second-order valence-electron chi connectivity index (χ2n) is 18.3. The number of carbonyl (C=O) groups is 1. The van der Waals surface area contributed by atoms with Crippen LogP contribution < -0.4 is 19.8 Å². The Morgan fingerprint density at radius 3 is 2.55 bits per heavy atom. The Morgan fingerprint density at radius 2 is 1.78 bits per heavy atom. The molecular formula is C48H55ClN8O6S2. The van der Waals surface area contributed by atoms with Crippen molar-refractivity contribution in [1.29, 1.82) is 0 Å². The number of nitrogens with one attached hydrogen (secondary N) is 3. The highest BCUT2D eigenvalue weighted by atomic mass is 35.5. The minimum Gasteiger partial charge on any atom is -0.381 e. The number of H-pyrrole nitrogens is 1. The zero-order valence-corrected chi connectivity index (χ0v) is 39.2.